The summed E-state index contributed by atoms with van der Waals surface area (Å²) in [6.45, 7) is 13.0. The van der Waals surface area contributed by atoms with Crippen molar-refractivity contribution in [3.63, 3.8) is 0 Å². The topological polar surface area (TPSA) is 59.6 Å². The number of nitrogens with one attached hydrogen (secondary N) is 2. The van der Waals surface area contributed by atoms with Crippen LogP contribution in [0.5, 0.6) is 0 Å². The Kier molecular flexibility index (Phi) is 8.92. The average molecular weight is 328 g/mol. The molecule has 0 saturated heterocycles. The summed E-state index contributed by atoms with van der Waals surface area (Å²) in [5, 5.41) is 6.39. The zero-order valence-electron chi connectivity index (χ0n) is 15.6. The van der Waals surface area contributed by atoms with Crippen LogP contribution in [0.25, 0.3) is 0 Å². The molecule has 1 aliphatic rings. The van der Waals surface area contributed by atoms with E-state index in [-0.39, 0.29) is 12.1 Å². The first-order valence-corrected chi connectivity index (χ1v) is 9.08. The van der Waals surface area contributed by atoms with E-state index in [9.17, 15) is 4.79 Å². The highest BCUT2D eigenvalue weighted by Gasteiger charge is 2.24. The number of amides is 1. The van der Waals surface area contributed by atoms with E-state index in [2.05, 4.69) is 24.5 Å². The third kappa shape index (κ3) is 10.6. The summed E-state index contributed by atoms with van der Waals surface area (Å²) >= 11 is 0. The molecule has 136 valence electrons. The van der Waals surface area contributed by atoms with E-state index >= 15 is 0 Å². The molecule has 0 radical (unpaired) electrons. The average Bonchev–Trinajstić information content (AvgIpc) is 2.42. The predicted molar refractivity (Wildman–Crippen MR) is 93.7 cm³/mol. The zero-order chi connectivity index (χ0) is 17.3. The van der Waals surface area contributed by atoms with Crippen molar-refractivity contribution in [1.82, 2.24) is 10.6 Å². The van der Waals surface area contributed by atoms with Gasteiger partial charge in [-0.1, -0.05) is 13.8 Å². The first kappa shape index (κ1) is 20.2. The second-order valence-corrected chi connectivity index (χ2v) is 7.94. The maximum absolute atomic E-state index is 11.8. The van der Waals surface area contributed by atoms with Crippen LogP contribution >= 0.6 is 0 Å². The van der Waals surface area contributed by atoms with Crippen LogP contribution in [-0.2, 0) is 9.47 Å². The second-order valence-electron chi connectivity index (χ2n) is 7.94. The van der Waals surface area contributed by atoms with Gasteiger partial charge in [-0.05, 0) is 71.9 Å². The van der Waals surface area contributed by atoms with Gasteiger partial charge >= 0.3 is 6.09 Å². The van der Waals surface area contributed by atoms with Crippen molar-refractivity contribution in [1.29, 1.82) is 0 Å². The molecule has 0 atom stereocenters. The van der Waals surface area contributed by atoms with E-state index in [1.54, 1.807) is 0 Å². The third-order valence-electron chi connectivity index (χ3n) is 3.80. The van der Waals surface area contributed by atoms with Crippen LogP contribution in [0.15, 0.2) is 0 Å². The highest BCUT2D eigenvalue weighted by Crippen LogP contribution is 2.21. The van der Waals surface area contributed by atoms with Gasteiger partial charge in [-0.25, -0.2) is 4.79 Å². The minimum atomic E-state index is -0.437. The second kappa shape index (κ2) is 10.1. The fraction of sp³-hybridized carbons (Fsp3) is 0.944. The monoisotopic (exact) mass is 328 g/mol. The fourth-order valence-electron chi connectivity index (χ4n) is 2.69. The Morgan fingerprint density at radius 2 is 1.83 bits per heavy atom. The van der Waals surface area contributed by atoms with Crippen LogP contribution in [0, 0.1) is 5.92 Å². The SMILES string of the molecule is CC(C)CNCCCOC1CCC(NC(=O)OC(C)(C)C)CC1. The molecule has 1 aliphatic carbocycles. The third-order valence-corrected chi connectivity index (χ3v) is 3.80. The molecule has 0 aromatic rings. The summed E-state index contributed by atoms with van der Waals surface area (Å²) in [6.07, 6.45) is 5.06. The van der Waals surface area contributed by atoms with E-state index in [0.717, 1.165) is 51.8 Å². The molecule has 1 rings (SSSR count). The van der Waals surface area contributed by atoms with Crippen LogP contribution in [0.3, 0.4) is 0 Å². The standard InChI is InChI=1S/C18H36N2O3/c1-14(2)13-19-11-6-12-22-16-9-7-15(8-10-16)20-17(21)23-18(3,4)5/h14-16,19H,6-13H2,1-5H3,(H,20,21). The molecular formula is C18H36N2O3. The minimum Gasteiger partial charge on any atom is -0.444 e. The number of carbonyl (C=O) groups is 1. The van der Waals surface area contributed by atoms with E-state index in [4.69, 9.17) is 9.47 Å². The number of hydrogen-bond acceptors (Lipinski definition) is 4. The van der Waals surface area contributed by atoms with Crippen molar-refractivity contribution in [3.05, 3.63) is 0 Å². The number of ether oxygens (including phenoxy) is 2. The summed E-state index contributed by atoms with van der Waals surface area (Å²) in [4.78, 5) is 11.8. The highest BCUT2D eigenvalue weighted by molar-refractivity contribution is 5.68. The molecule has 0 aliphatic heterocycles. The van der Waals surface area contributed by atoms with E-state index in [0.29, 0.717) is 12.0 Å². The highest BCUT2D eigenvalue weighted by atomic mass is 16.6. The van der Waals surface area contributed by atoms with Crippen LogP contribution in [0.1, 0.15) is 66.7 Å². The molecule has 0 spiro atoms. The Balaban J connectivity index is 2.06. The predicted octanol–water partition coefficient (Wildman–Crippen LogP) is 3.47. The molecule has 5 nitrogen and oxygen atoms in total. The van der Waals surface area contributed by atoms with E-state index < -0.39 is 5.60 Å². The van der Waals surface area contributed by atoms with Gasteiger partial charge in [-0.3, -0.25) is 0 Å². The van der Waals surface area contributed by atoms with Crippen LogP contribution in [0.4, 0.5) is 4.79 Å². The van der Waals surface area contributed by atoms with Crippen molar-refractivity contribution in [2.24, 2.45) is 5.92 Å². The lowest BCUT2D eigenvalue weighted by Crippen LogP contribution is -2.41. The molecule has 1 saturated carbocycles. The molecule has 0 unspecified atom stereocenters. The Hall–Kier alpha value is -0.810. The molecule has 0 aromatic carbocycles. The van der Waals surface area contributed by atoms with Gasteiger partial charge in [0.15, 0.2) is 0 Å². The molecule has 23 heavy (non-hydrogen) atoms. The van der Waals surface area contributed by atoms with Crippen molar-refractivity contribution in [2.75, 3.05) is 19.7 Å². The summed E-state index contributed by atoms with van der Waals surface area (Å²) in [5.74, 6) is 0.698. The van der Waals surface area contributed by atoms with E-state index in [1.165, 1.54) is 0 Å². The molecule has 1 fully saturated rings. The Labute approximate surface area is 141 Å². The van der Waals surface area contributed by atoms with Crippen molar-refractivity contribution < 1.29 is 14.3 Å². The maximum Gasteiger partial charge on any atom is 0.407 e. The lowest BCUT2D eigenvalue weighted by molar-refractivity contribution is 0.0170. The largest absolute Gasteiger partial charge is 0.444 e. The van der Waals surface area contributed by atoms with E-state index in [1.807, 2.05) is 20.8 Å². The van der Waals surface area contributed by atoms with Gasteiger partial charge in [0.05, 0.1) is 6.10 Å². The molecule has 5 heteroatoms. The minimum absolute atomic E-state index is 0.220. The lowest BCUT2D eigenvalue weighted by atomic mass is 9.93. The Morgan fingerprint density at radius 3 is 2.39 bits per heavy atom. The summed E-state index contributed by atoms with van der Waals surface area (Å²) in [6, 6.07) is 0.220. The fourth-order valence-corrected chi connectivity index (χ4v) is 2.69. The molecule has 0 aromatic heterocycles. The van der Waals surface area contributed by atoms with Gasteiger partial charge in [0.25, 0.3) is 0 Å². The molecule has 1 amide bonds. The van der Waals surface area contributed by atoms with Gasteiger partial charge in [-0.2, -0.15) is 0 Å². The van der Waals surface area contributed by atoms with Gasteiger partial charge in [-0.15, -0.1) is 0 Å². The van der Waals surface area contributed by atoms with Gasteiger partial charge in [0.1, 0.15) is 5.60 Å². The first-order valence-electron chi connectivity index (χ1n) is 9.08. The number of carbonyl (C=O) groups excluding carboxylic acids is 1. The summed E-state index contributed by atoms with van der Waals surface area (Å²) in [7, 11) is 0. The summed E-state index contributed by atoms with van der Waals surface area (Å²) < 4.78 is 11.2. The van der Waals surface area contributed by atoms with Crippen LogP contribution in [0.2, 0.25) is 0 Å². The lowest BCUT2D eigenvalue weighted by Gasteiger charge is -2.30. The van der Waals surface area contributed by atoms with Crippen LogP contribution in [-0.4, -0.2) is 43.5 Å². The molecule has 0 heterocycles. The van der Waals surface area contributed by atoms with Crippen molar-refractivity contribution >= 4 is 6.09 Å². The zero-order valence-corrected chi connectivity index (χ0v) is 15.6. The molecule has 0 bridgehead atoms. The maximum atomic E-state index is 11.8. The first-order chi connectivity index (χ1) is 10.8. The number of alkyl carbamates (subject to hydrolysis) is 1. The Morgan fingerprint density at radius 1 is 1.17 bits per heavy atom. The molecular weight excluding hydrogens is 292 g/mol. The molecule has 2 N–H and O–H groups in total. The van der Waals surface area contributed by atoms with Gasteiger partial charge < -0.3 is 20.1 Å². The van der Waals surface area contributed by atoms with Gasteiger partial charge in [0.2, 0.25) is 0 Å². The van der Waals surface area contributed by atoms with Crippen LogP contribution < -0.4 is 10.6 Å². The Bertz CT molecular complexity index is 332. The smallest absolute Gasteiger partial charge is 0.407 e. The number of hydrogen-bond donors (Lipinski definition) is 2. The van der Waals surface area contributed by atoms with Crippen molar-refractivity contribution in [2.45, 2.75) is 84.5 Å². The number of rotatable bonds is 8. The normalized spacial score (nSPS) is 22.2. The quantitative estimate of drug-likeness (QED) is 0.670. The van der Waals surface area contributed by atoms with Crippen molar-refractivity contribution in [3.8, 4) is 0 Å². The summed E-state index contributed by atoms with van der Waals surface area (Å²) in [5.41, 5.74) is -0.437. The van der Waals surface area contributed by atoms with Gasteiger partial charge in [0, 0.05) is 12.6 Å².